The van der Waals surface area contributed by atoms with Crippen molar-refractivity contribution in [3.8, 4) is 11.3 Å². The van der Waals surface area contributed by atoms with Crippen molar-refractivity contribution in [3.63, 3.8) is 0 Å². The van der Waals surface area contributed by atoms with Gasteiger partial charge in [-0.1, -0.05) is 24.3 Å². The van der Waals surface area contributed by atoms with Crippen LogP contribution in [0.3, 0.4) is 0 Å². The molecule has 3 atom stereocenters. The number of pyridine rings is 1. The number of guanidine groups is 1. The first-order chi connectivity index (χ1) is 12.8. The van der Waals surface area contributed by atoms with Gasteiger partial charge < -0.3 is 15.4 Å². The van der Waals surface area contributed by atoms with E-state index in [0.29, 0.717) is 24.8 Å². The molecule has 26 heavy (non-hydrogen) atoms. The number of rotatable bonds is 5. The van der Waals surface area contributed by atoms with Gasteiger partial charge in [-0.15, -0.1) is 0 Å². The Bertz CT molecular complexity index is 762. The molecule has 3 heterocycles. The number of aliphatic imine (C=N–C) groups is 1. The molecule has 0 saturated carbocycles. The van der Waals surface area contributed by atoms with Crippen molar-refractivity contribution in [2.45, 2.75) is 51.0 Å². The Morgan fingerprint density at radius 3 is 2.92 bits per heavy atom. The highest BCUT2D eigenvalue weighted by atomic mass is 16.5. The topological polar surface area (TPSA) is 58.5 Å². The van der Waals surface area contributed by atoms with Crippen LogP contribution in [0.1, 0.15) is 31.7 Å². The zero-order chi connectivity index (χ0) is 17.8. The van der Waals surface area contributed by atoms with Crippen LogP contribution in [-0.2, 0) is 11.3 Å². The Hall–Kier alpha value is -2.40. The van der Waals surface area contributed by atoms with Crippen LogP contribution >= 0.6 is 0 Å². The summed E-state index contributed by atoms with van der Waals surface area (Å²) in [5.74, 6) is 0.872. The highest BCUT2D eigenvalue weighted by Crippen LogP contribution is 2.34. The largest absolute Gasteiger partial charge is 0.373 e. The van der Waals surface area contributed by atoms with E-state index >= 15 is 0 Å². The Balaban J connectivity index is 1.44. The Morgan fingerprint density at radius 1 is 1.23 bits per heavy atom. The van der Waals surface area contributed by atoms with Gasteiger partial charge in [0.2, 0.25) is 0 Å². The van der Waals surface area contributed by atoms with E-state index in [1.54, 1.807) is 0 Å². The van der Waals surface area contributed by atoms with E-state index in [4.69, 9.17) is 9.73 Å². The van der Waals surface area contributed by atoms with Crippen molar-refractivity contribution in [1.29, 1.82) is 0 Å². The molecule has 1 aromatic carbocycles. The van der Waals surface area contributed by atoms with Crippen LogP contribution in [0.15, 0.2) is 53.7 Å². The number of aromatic nitrogens is 1. The first-order valence-corrected chi connectivity index (χ1v) is 9.52. The molecule has 2 aliphatic heterocycles. The predicted molar refractivity (Wildman–Crippen MR) is 104 cm³/mol. The second-order valence-electron chi connectivity index (χ2n) is 6.97. The lowest BCUT2D eigenvalue weighted by Crippen LogP contribution is -2.47. The lowest BCUT2D eigenvalue weighted by molar-refractivity contribution is 0.0992. The second kappa shape index (κ2) is 7.87. The number of benzene rings is 1. The summed E-state index contributed by atoms with van der Waals surface area (Å²) in [6.45, 7) is 3.58. The van der Waals surface area contributed by atoms with E-state index in [1.807, 2.05) is 24.4 Å². The van der Waals surface area contributed by atoms with Gasteiger partial charge >= 0.3 is 0 Å². The van der Waals surface area contributed by atoms with Crippen molar-refractivity contribution in [2.24, 2.45) is 4.99 Å². The maximum atomic E-state index is 5.94. The third-order valence-corrected chi connectivity index (χ3v) is 5.08. The molecular formula is C21H26N4O. The number of ether oxygens (including phenoxy) is 1. The molecule has 5 nitrogen and oxygen atoms in total. The van der Waals surface area contributed by atoms with Crippen LogP contribution in [0.4, 0.5) is 0 Å². The summed E-state index contributed by atoms with van der Waals surface area (Å²) in [5, 5.41) is 6.92. The Morgan fingerprint density at radius 2 is 2.19 bits per heavy atom. The molecule has 1 aromatic heterocycles. The molecule has 2 bridgehead atoms. The van der Waals surface area contributed by atoms with Crippen molar-refractivity contribution in [2.75, 3.05) is 6.54 Å². The van der Waals surface area contributed by atoms with Gasteiger partial charge in [-0.05, 0) is 49.9 Å². The molecule has 0 radical (unpaired) electrons. The number of fused-ring (bicyclic) bond motifs is 2. The van der Waals surface area contributed by atoms with E-state index in [9.17, 15) is 0 Å². The molecule has 2 aliphatic rings. The van der Waals surface area contributed by atoms with E-state index in [0.717, 1.165) is 36.6 Å². The Kier molecular flexibility index (Phi) is 5.16. The summed E-state index contributed by atoms with van der Waals surface area (Å²) >= 11 is 0. The zero-order valence-corrected chi connectivity index (χ0v) is 15.2. The van der Waals surface area contributed by atoms with E-state index in [-0.39, 0.29) is 0 Å². The molecule has 2 saturated heterocycles. The Labute approximate surface area is 154 Å². The van der Waals surface area contributed by atoms with Crippen molar-refractivity contribution in [1.82, 2.24) is 15.6 Å². The second-order valence-corrected chi connectivity index (χ2v) is 6.97. The van der Waals surface area contributed by atoms with Crippen molar-refractivity contribution >= 4 is 5.96 Å². The van der Waals surface area contributed by atoms with Gasteiger partial charge in [0.1, 0.15) is 0 Å². The summed E-state index contributed by atoms with van der Waals surface area (Å²) in [7, 11) is 0. The summed E-state index contributed by atoms with van der Waals surface area (Å²) in [6.07, 6.45) is 6.06. The maximum absolute atomic E-state index is 5.94. The average molecular weight is 350 g/mol. The molecular weight excluding hydrogens is 324 g/mol. The van der Waals surface area contributed by atoms with Crippen LogP contribution in [0.25, 0.3) is 11.3 Å². The van der Waals surface area contributed by atoms with Crippen LogP contribution in [0.2, 0.25) is 0 Å². The van der Waals surface area contributed by atoms with Gasteiger partial charge in [0, 0.05) is 18.3 Å². The van der Waals surface area contributed by atoms with Crippen LogP contribution in [-0.4, -0.2) is 35.7 Å². The molecule has 0 amide bonds. The molecule has 2 N–H and O–H groups in total. The van der Waals surface area contributed by atoms with Gasteiger partial charge in [0.05, 0.1) is 30.5 Å². The van der Waals surface area contributed by atoms with Crippen molar-refractivity contribution in [3.05, 3.63) is 54.2 Å². The van der Waals surface area contributed by atoms with Gasteiger partial charge in [-0.2, -0.15) is 0 Å². The van der Waals surface area contributed by atoms with Crippen molar-refractivity contribution < 1.29 is 4.74 Å². The summed E-state index contributed by atoms with van der Waals surface area (Å²) in [6, 6.07) is 14.8. The quantitative estimate of drug-likeness (QED) is 0.643. The molecule has 0 spiro atoms. The summed E-state index contributed by atoms with van der Waals surface area (Å²) in [5.41, 5.74) is 3.29. The van der Waals surface area contributed by atoms with E-state index < -0.39 is 0 Å². The summed E-state index contributed by atoms with van der Waals surface area (Å²) < 4.78 is 5.94. The van der Waals surface area contributed by atoms with Gasteiger partial charge in [0.25, 0.3) is 0 Å². The predicted octanol–water partition coefficient (Wildman–Crippen LogP) is 3.12. The highest BCUT2D eigenvalue weighted by Gasteiger charge is 2.41. The van der Waals surface area contributed by atoms with Gasteiger partial charge in [0.15, 0.2) is 5.96 Å². The normalized spacial score (nSPS) is 24.7. The molecule has 2 fully saturated rings. The first-order valence-electron chi connectivity index (χ1n) is 9.52. The standard InChI is InChI=1S/C21H26N4O/c1-2-22-21(25-19-13-17-9-10-20(19)26-17)24-14-15-6-5-7-16(12-15)18-8-3-4-11-23-18/h3-8,11-12,17,19-20H,2,9-10,13-14H2,1H3,(H2,22,24,25). The van der Waals surface area contributed by atoms with Gasteiger partial charge in [-0.3, -0.25) is 4.98 Å². The molecule has 4 rings (SSSR count). The smallest absolute Gasteiger partial charge is 0.191 e. The molecule has 5 heteroatoms. The first kappa shape index (κ1) is 17.0. The van der Waals surface area contributed by atoms with E-state index in [2.05, 4.69) is 46.8 Å². The third-order valence-electron chi connectivity index (χ3n) is 5.08. The minimum Gasteiger partial charge on any atom is -0.373 e. The number of hydrogen-bond donors (Lipinski definition) is 2. The van der Waals surface area contributed by atoms with Gasteiger partial charge in [-0.25, -0.2) is 4.99 Å². The molecule has 2 aromatic rings. The third kappa shape index (κ3) is 3.88. The van der Waals surface area contributed by atoms with Crippen LogP contribution in [0, 0.1) is 0 Å². The van der Waals surface area contributed by atoms with Crippen LogP contribution in [0.5, 0.6) is 0 Å². The highest BCUT2D eigenvalue weighted by molar-refractivity contribution is 5.80. The lowest BCUT2D eigenvalue weighted by Gasteiger charge is -2.22. The lowest BCUT2D eigenvalue weighted by atomic mass is 9.96. The number of hydrogen-bond acceptors (Lipinski definition) is 3. The number of nitrogens with zero attached hydrogens (tertiary/aromatic N) is 2. The summed E-state index contributed by atoms with van der Waals surface area (Å²) in [4.78, 5) is 9.21. The van der Waals surface area contributed by atoms with E-state index in [1.165, 1.54) is 12.0 Å². The SMILES string of the molecule is CCNC(=NCc1cccc(-c2ccccn2)c1)NC1CC2CCC1O2. The number of nitrogens with one attached hydrogen (secondary N) is 2. The van der Waals surface area contributed by atoms with Crippen LogP contribution < -0.4 is 10.6 Å². The zero-order valence-electron chi connectivity index (χ0n) is 15.2. The fourth-order valence-corrected chi connectivity index (χ4v) is 3.82. The maximum Gasteiger partial charge on any atom is 0.191 e. The fourth-order valence-electron chi connectivity index (χ4n) is 3.82. The fraction of sp³-hybridized carbons (Fsp3) is 0.429. The molecule has 3 unspecified atom stereocenters. The average Bonchev–Trinajstić information content (AvgIpc) is 3.30. The monoisotopic (exact) mass is 350 g/mol. The minimum atomic E-state index is 0.344. The minimum absolute atomic E-state index is 0.344. The molecule has 136 valence electrons. The molecule has 0 aliphatic carbocycles.